The topological polar surface area (TPSA) is 45.6 Å². The number of nitrogens with zero attached hydrogens (tertiary/aromatic N) is 2. The summed E-state index contributed by atoms with van der Waals surface area (Å²) in [7, 11) is 0. The van der Waals surface area contributed by atoms with Gasteiger partial charge in [0.15, 0.2) is 0 Å². The largest absolute Gasteiger partial charge is 0.468 e. The fourth-order valence-electron chi connectivity index (χ4n) is 3.57. The standard InChI is InChI=1S/C17H31N3O/c1-4-20(13-16-7-5-12-21-16)17(14-18)8-6-10-19(11-9-17)15(2)3/h5,7,12,15H,4,6,8-11,13-14,18H2,1-3H3. The smallest absolute Gasteiger partial charge is 0.117 e. The molecule has 0 amide bonds. The van der Waals surface area contributed by atoms with E-state index in [4.69, 9.17) is 10.2 Å². The van der Waals surface area contributed by atoms with Crippen LogP contribution in [0.15, 0.2) is 22.8 Å². The van der Waals surface area contributed by atoms with Gasteiger partial charge >= 0.3 is 0 Å². The zero-order chi connectivity index (χ0) is 15.3. The van der Waals surface area contributed by atoms with Gasteiger partial charge in [0.05, 0.1) is 12.8 Å². The predicted molar refractivity (Wildman–Crippen MR) is 87.1 cm³/mol. The summed E-state index contributed by atoms with van der Waals surface area (Å²) in [6, 6.07) is 4.65. The molecule has 2 heterocycles. The third-order valence-electron chi connectivity index (χ3n) is 5.04. The first kappa shape index (κ1) is 16.5. The summed E-state index contributed by atoms with van der Waals surface area (Å²) in [4.78, 5) is 5.10. The third-order valence-corrected chi connectivity index (χ3v) is 5.04. The Balaban J connectivity index is 2.10. The summed E-state index contributed by atoms with van der Waals surface area (Å²) in [5.74, 6) is 1.04. The average molecular weight is 293 g/mol. The number of likely N-dealkylation sites (N-methyl/N-ethyl adjacent to an activating group) is 1. The van der Waals surface area contributed by atoms with Gasteiger partial charge in [0.2, 0.25) is 0 Å². The quantitative estimate of drug-likeness (QED) is 0.876. The van der Waals surface area contributed by atoms with Crippen LogP contribution >= 0.6 is 0 Å². The van der Waals surface area contributed by atoms with Crippen LogP contribution in [0.5, 0.6) is 0 Å². The molecule has 2 rings (SSSR count). The Labute approximate surface area is 129 Å². The molecule has 0 radical (unpaired) electrons. The van der Waals surface area contributed by atoms with Crippen LogP contribution in [0, 0.1) is 0 Å². The summed E-state index contributed by atoms with van der Waals surface area (Å²) < 4.78 is 5.54. The van der Waals surface area contributed by atoms with Crippen molar-refractivity contribution in [1.29, 1.82) is 0 Å². The van der Waals surface area contributed by atoms with Crippen molar-refractivity contribution in [2.24, 2.45) is 5.73 Å². The van der Waals surface area contributed by atoms with Gasteiger partial charge in [0.1, 0.15) is 5.76 Å². The molecule has 120 valence electrons. The van der Waals surface area contributed by atoms with Gasteiger partial charge in [-0.3, -0.25) is 4.90 Å². The van der Waals surface area contributed by atoms with E-state index in [1.54, 1.807) is 6.26 Å². The molecular weight excluding hydrogens is 262 g/mol. The lowest BCUT2D eigenvalue weighted by Gasteiger charge is -2.42. The number of rotatable bonds is 6. The molecule has 1 aromatic rings. The van der Waals surface area contributed by atoms with Gasteiger partial charge < -0.3 is 15.1 Å². The molecule has 0 spiro atoms. The van der Waals surface area contributed by atoms with Crippen LogP contribution in [0.2, 0.25) is 0 Å². The van der Waals surface area contributed by atoms with E-state index in [0.29, 0.717) is 6.04 Å². The van der Waals surface area contributed by atoms with Crippen LogP contribution < -0.4 is 5.73 Å². The van der Waals surface area contributed by atoms with Crippen molar-refractivity contribution in [3.8, 4) is 0 Å². The molecule has 1 aliphatic rings. The van der Waals surface area contributed by atoms with Gasteiger partial charge in [-0.05, 0) is 58.3 Å². The average Bonchev–Trinajstić information content (AvgIpc) is 2.89. The molecule has 1 aliphatic heterocycles. The first-order valence-corrected chi connectivity index (χ1v) is 8.33. The molecule has 2 N–H and O–H groups in total. The van der Waals surface area contributed by atoms with Gasteiger partial charge in [-0.2, -0.15) is 0 Å². The Bertz CT molecular complexity index is 404. The Kier molecular flexibility index (Phi) is 5.85. The van der Waals surface area contributed by atoms with Crippen LogP contribution in [-0.4, -0.2) is 47.6 Å². The van der Waals surface area contributed by atoms with E-state index >= 15 is 0 Å². The number of hydrogen-bond acceptors (Lipinski definition) is 4. The SMILES string of the molecule is CCN(Cc1ccco1)C1(CN)CCCN(C(C)C)CC1. The fourth-order valence-corrected chi connectivity index (χ4v) is 3.57. The van der Waals surface area contributed by atoms with Crippen LogP contribution in [0.4, 0.5) is 0 Å². The highest BCUT2D eigenvalue weighted by atomic mass is 16.3. The first-order chi connectivity index (χ1) is 10.1. The minimum atomic E-state index is 0.116. The summed E-state index contributed by atoms with van der Waals surface area (Å²) >= 11 is 0. The zero-order valence-electron chi connectivity index (χ0n) is 13.8. The normalized spacial score (nSPS) is 24.7. The lowest BCUT2D eigenvalue weighted by molar-refractivity contribution is 0.0676. The second-order valence-electron chi connectivity index (χ2n) is 6.51. The molecule has 1 aromatic heterocycles. The minimum absolute atomic E-state index is 0.116. The van der Waals surface area contributed by atoms with Crippen molar-refractivity contribution in [2.45, 2.75) is 58.2 Å². The van der Waals surface area contributed by atoms with E-state index in [9.17, 15) is 0 Å². The summed E-state index contributed by atoms with van der Waals surface area (Å²) in [6.45, 7) is 11.7. The summed E-state index contributed by atoms with van der Waals surface area (Å²) in [6.07, 6.45) is 5.31. The number of likely N-dealkylation sites (tertiary alicyclic amines) is 1. The molecule has 0 bridgehead atoms. The van der Waals surface area contributed by atoms with Crippen molar-refractivity contribution >= 4 is 0 Å². The van der Waals surface area contributed by atoms with Crippen molar-refractivity contribution in [3.05, 3.63) is 24.2 Å². The monoisotopic (exact) mass is 293 g/mol. The van der Waals surface area contributed by atoms with Gasteiger partial charge in [-0.25, -0.2) is 0 Å². The van der Waals surface area contributed by atoms with Crippen molar-refractivity contribution in [1.82, 2.24) is 9.80 Å². The van der Waals surface area contributed by atoms with Gasteiger partial charge in [-0.15, -0.1) is 0 Å². The maximum atomic E-state index is 6.24. The molecule has 1 atom stereocenters. The van der Waals surface area contributed by atoms with E-state index < -0.39 is 0 Å². The van der Waals surface area contributed by atoms with Crippen LogP contribution in [0.1, 0.15) is 45.8 Å². The Hall–Kier alpha value is -0.840. The molecule has 21 heavy (non-hydrogen) atoms. The van der Waals surface area contributed by atoms with Crippen LogP contribution in [0.25, 0.3) is 0 Å². The molecule has 1 fully saturated rings. The van der Waals surface area contributed by atoms with Crippen molar-refractivity contribution < 1.29 is 4.42 Å². The Morgan fingerprint density at radius 3 is 2.76 bits per heavy atom. The van der Waals surface area contributed by atoms with E-state index in [1.165, 1.54) is 19.4 Å². The van der Waals surface area contributed by atoms with E-state index in [2.05, 4.69) is 36.6 Å². The summed E-state index contributed by atoms with van der Waals surface area (Å²) in [5.41, 5.74) is 6.36. The highest BCUT2D eigenvalue weighted by Crippen LogP contribution is 2.30. The predicted octanol–water partition coefficient (Wildman–Crippen LogP) is 2.69. The molecule has 0 aromatic carbocycles. The molecule has 4 heteroatoms. The third kappa shape index (κ3) is 3.87. The minimum Gasteiger partial charge on any atom is -0.468 e. The molecule has 1 saturated heterocycles. The molecule has 0 saturated carbocycles. The van der Waals surface area contributed by atoms with Gasteiger partial charge in [-0.1, -0.05) is 6.92 Å². The second kappa shape index (κ2) is 7.43. The van der Waals surface area contributed by atoms with E-state index in [0.717, 1.165) is 38.4 Å². The Morgan fingerprint density at radius 1 is 1.38 bits per heavy atom. The van der Waals surface area contributed by atoms with Crippen LogP contribution in [-0.2, 0) is 6.54 Å². The Morgan fingerprint density at radius 2 is 2.19 bits per heavy atom. The molecule has 0 aliphatic carbocycles. The van der Waals surface area contributed by atoms with E-state index in [1.807, 2.05) is 6.07 Å². The van der Waals surface area contributed by atoms with Gasteiger partial charge in [0, 0.05) is 24.7 Å². The lowest BCUT2D eigenvalue weighted by Crippen LogP contribution is -2.54. The maximum Gasteiger partial charge on any atom is 0.117 e. The molecule has 1 unspecified atom stereocenters. The second-order valence-corrected chi connectivity index (χ2v) is 6.51. The molecule has 4 nitrogen and oxygen atoms in total. The fraction of sp³-hybridized carbons (Fsp3) is 0.765. The van der Waals surface area contributed by atoms with Gasteiger partial charge in [0.25, 0.3) is 0 Å². The lowest BCUT2D eigenvalue weighted by atomic mass is 9.88. The molecular formula is C17H31N3O. The van der Waals surface area contributed by atoms with Crippen LogP contribution in [0.3, 0.4) is 0 Å². The summed E-state index contributed by atoms with van der Waals surface area (Å²) in [5, 5.41) is 0. The van der Waals surface area contributed by atoms with Crippen molar-refractivity contribution in [2.75, 3.05) is 26.2 Å². The van der Waals surface area contributed by atoms with Crippen molar-refractivity contribution in [3.63, 3.8) is 0 Å². The number of hydrogen-bond donors (Lipinski definition) is 1. The number of furan rings is 1. The highest BCUT2D eigenvalue weighted by molar-refractivity contribution is 5.02. The zero-order valence-corrected chi connectivity index (χ0v) is 13.8. The van der Waals surface area contributed by atoms with E-state index in [-0.39, 0.29) is 5.54 Å². The first-order valence-electron chi connectivity index (χ1n) is 8.33. The number of nitrogens with two attached hydrogens (primary N) is 1. The highest BCUT2D eigenvalue weighted by Gasteiger charge is 2.37. The maximum absolute atomic E-state index is 6.24.